The lowest BCUT2D eigenvalue weighted by Gasteiger charge is -2.19. The Morgan fingerprint density at radius 2 is 1.91 bits per heavy atom. The number of rotatable bonds is 8. The van der Waals surface area contributed by atoms with Gasteiger partial charge in [0.2, 0.25) is 12.7 Å². The predicted molar refractivity (Wildman–Crippen MR) is 134 cm³/mol. The highest BCUT2D eigenvalue weighted by Gasteiger charge is 2.16. The molecule has 5 rings (SSSR count). The number of carbonyl (C=O) groups is 1. The van der Waals surface area contributed by atoms with Gasteiger partial charge in [-0.1, -0.05) is 36.4 Å². The molecule has 7 heteroatoms. The van der Waals surface area contributed by atoms with Crippen LogP contribution in [0.1, 0.15) is 23.6 Å². The molecule has 0 bridgehead atoms. The monoisotopic (exact) mass is 466 g/mol. The molecule has 1 aliphatic rings. The van der Waals surface area contributed by atoms with Crippen molar-refractivity contribution in [3.05, 3.63) is 102 Å². The molecule has 0 saturated heterocycles. The van der Waals surface area contributed by atoms with E-state index in [0.717, 1.165) is 33.7 Å². The van der Waals surface area contributed by atoms with Crippen LogP contribution < -0.4 is 9.47 Å². The van der Waals surface area contributed by atoms with Gasteiger partial charge in [0.05, 0.1) is 6.54 Å². The molecular weight excluding hydrogens is 440 g/mol. The number of hydrogen-bond donors (Lipinski definition) is 0. The zero-order chi connectivity index (χ0) is 24.0. The second kappa shape index (κ2) is 10.3. The molecule has 0 N–H and O–H groups in total. The van der Waals surface area contributed by atoms with Crippen LogP contribution in [0.15, 0.2) is 85.3 Å². The van der Waals surface area contributed by atoms with E-state index in [-0.39, 0.29) is 12.7 Å². The third-order valence-corrected chi connectivity index (χ3v) is 5.82. The van der Waals surface area contributed by atoms with Crippen LogP contribution in [0.2, 0.25) is 0 Å². The van der Waals surface area contributed by atoms with Gasteiger partial charge in [-0.25, -0.2) is 0 Å². The van der Waals surface area contributed by atoms with Gasteiger partial charge in [0.1, 0.15) is 5.69 Å². The molecule has 4 aromatic rings. The van der Waals surface area contributed by atoms with Crippen molar-refractivity contribution < 1.29 is 14.3 Å². The third-order valence-electron chi connectivity index (χ3n) is 5.82. The van der Waals surface area contributed by atoms with Gasteiger partial charge in [0.25, 0.3) is 0 Å². The van der Waals surface area contributed by atoms with Gasteiger partial charge in [0.15, 0.2) is 11.5 Å². The van der Waals surface area contributed by atoms with Crippen LogP contribution >= 0.6 is 0 Å². The fraction of sp³-hybridized carbons (Fsp3) is 0.179. The number of pyridine rings is 1. The SMILES string of the molecule is CCN(Cc1ccc2c(c1)OCO2)C(=O)C=Cc1cn(Cc2ccccc2)nc1-c1cccnc1. The van der Waals surface area contributed by atoms with Crippen molar-refractivity contribution in [2.45, 2.75) is 20.0 Å². The minimum absolute atomic E-state index is 0.0712. The standard InChI is InChI=1S/C28H26N4O3/c1-2-31(17-22-10-12-25-26(15-22)35-20-34-25)27(33)13-11-24-19-32(18-21-7-4-3-5-8-21)30-28(24)23-9-6-14-29-16-23/h3-16,19H,2,17-18,20H2,1H3. The molecule has 7 nitrogen and oxygen atoms in total. The lowest BCUT2D eigenvalue weighted by Crippen LogP contribution is -2.28. The predicted octanol–water partition coefficient (Wildman–Crippen LogP) is 4.78. The Kier molecular flexibility index (Phi) is 6.57. The van der Waals surface area contributed by atoms with Gasteiger partial charge in [-0.15, -0.1) is 0 Å². The van der Waals surface area contributed by atoms with Crippen molar-refractivity contribution in [3.63, 3.8) is 0 Å². The van der Waals surface area contributed by atoms with Crippen LogP contribution in [0.3, 0.4) is 0 Å². The van der Waals surface area contributed by atoms with Crippen molar-refractivity contribution >= 4 is 12.0 Å². The molecule has 0 radical (unpaired) electrons. The molecule has 0 atom stereocenters. The number of benzene rings is 2. The molecule has 0 aliphatic carbocycles. The zero-order valence-electron chi connectivity index (χ0n) is 19.5. The van der Waals surface area contributed by atoms with Crippen molar-refractivity contribution in [2.24, 2.45) is 0 Å². The maximum Gasteiger partial charge on any atom is 0.246 e. The lowest BCUT2D eigenvalue weighted by atomic mass is 10.1. The Morgan fingerprint density at radius 1 is 1.06 bits per heavy atom. The molecule has 1 aliphatic heterocycles. The summed E-state index contributed by atoms with van der Waals surface area (Å²) in [7, 11) is 0. The van der Waals surface area contributed by atoms with Crippen LogP contribution in [0.4, 0.5) is 0 Å². The minimum atomic E-state index is -0.0712. The summed E-state index contributed by atoms with van der Waals surface area (Å²) in [6.45, 7) is 3.91. The molecular formula is C28H26N4O3. The fourth-order valence-corrected chi connectivity index (χ4v) is 4.01. The van der Waals surface area contributed by atoms with Crippen molar-refractivity contribution in [1.82, 2.24) is 19.7 Å². The number of nitrogens with zero attached hydrogens (tertiary/aromatic N) is 4. The molecule has 176 valence electrons. The van der Waals surface area contributed by atoms with Crippen molar-refractivity contribution in [3.8, 4) is 22.8 Å². The summed E-state index contributed by atoms with van der Waals surface area (Å²) in [6, 6.07) is 19.8. The van der Waals surface area contributed by atoms with Crippen LogP contribution in [0, 0.1) is 0 Å². The summed E-state index contributed by atoms with van der Waals surface area (Å²) >= 11 is 0. The number of aromatic nitrogens is 3. The number of carbonyl (C=O) groups excluding carboxylic acids is 1. The van der Waals surface area contributed by atoms with Gasteiger partial charge in [-0.05, 0) is 48.4 Å². The Labute approximate surface area is 204 Å². The van der Waals surface area contributed by atoms with E-state index in [1.807, 2.05) is 72.4 Å². The van der Waals surface area contributed by atoms with Crippen LogP contribution in [0.25, 0.3) is 17.3 Å². The quantitative estimate of drug-likeness (QED) is 0.350. The number of ether oxygens (including phenoxy) is 2. The van der Waals surface area contributed by atoms with Crippen LogP contribution in [-0.2, 0) is 17.9 Å². The number of fused-ring (bicyclic) bond motifs is 1. The van der Waals surface area contributed by atoms with E-state index in [1.165, 1.54) is 0 Å². The topological polar surface area (TPSA) is 69.5 Å². The van der Waals surface area contributed by atoms with E-state index in [1.54, 1.807) is 23.4 Å². The van der Waals surface area contributed by atoms with Crippen LogP contribution in [-0.4, -0.2) is 38.9 Å². The van der Waals surface area contributed by atoms with E-state index in [0.29, 0.717) is 25.4 Å². The second-order valence-electron chi connectivity index (χ2n) is 8.23. The van der Waals surface area contributed by atoms with E-state index in [4.69, 9.17) is 14.6 Å². The number of hydrogen-bond acceptors (Lipinski definition) is 5. The average molecular weight is 467 g/mol. The van der Waals surface area contributed by atoms with Gasteiger partial charge in [-0.2, -0.15) is 5.10 Å². The maximum atomic E-state index is 13.1. The summed E-state index contributed by atoms with van der Waals surface area (Å²) in [6.07, 6.45) is 8.93. The Bertz CT molecular complexity index is 1330. The van der Waals surface area contributed by atoms with E-state index in [2.05, 4.69) is 17.1 Å². The molecule has 2 aromatic carbocycles. The van der Waals surface area contributed by atoms with Gasteiger partial charge in [-0.3, -0.25) is 14.5 Å². The summed E-state index contributed by atoms with van der Waals surface area (Å²) in [5.74, 6) is 1.38. The van der Waals surface area contributed by atoms with Crippen molar-refractivity contribution in [1.29, 1.82) is 0 Å². The second-order valence-corrected chi connectivity index (χ2v) is 8.23. The van der Waals surface area contributed by atoms with Gasteiger partial charge in [0, 0.05) is 48.9 Å². The first kappa shape index (κ1) is 22.4. The fourth-order valence-electron chi connectivity index (χ4n) is 4.01. The highest BCUT2D eigenvalue weighted by atomic mass is 16.7. The van der Waals surface area contributed by atoms with E-state index >= 15 is 0 Å². The minimum Gasteiger partial charge on any atom is -0.454 e. The lowest BCUT2D eigenvalue weighted by molar-refractivity contribution is -0.126. The van der Waals surface area contributed by atoms with E-state index < -0.39 is 0 Å². The summed E-state index contributed by atoms with van der Waals surface area (Å²) in [5.41, 5.74) is 4.70. The maximum absolute atomic E-state index is 13.1. The first-order chi connectivity index (χ1) is 17.2. The molecule has 0 saturated carbocycles. The van der Waals surface area contributed by atoms with Gasteiger partial charge >= 0.3 is 0 Å². The molecule has 0 spiro atoms. The Balaban J connectivity index is 1.36. The summed E-state index contributed by atoms with van der Waals surface area (Å²) in [5, 5.41) is 4.79. The normalized spacial score (nSPS) is 12.3. The molecule has 0 fully saturated rings. The molecule has 1 amide bonds. The van der Waals surface area contributed by atoms with Gasteiger partial charge < -0.3 is 14.4 Å². The number of amides is 1. The Morgan fingerprint density at radius 3 is 2.71 bits per heavy atom. The number of likely N-dealkylation sites (N-methyl/N-ethyl adjacent to an activating group) is 1. The molecule has 3 heterocycles. The summed E-state index contributed by atoms with van der Waals surface area (Å²) < 4.78 is 12.7. The Hall–Kier alpha value is -4.39. The third kappa shape index (κ3) is 5.24. The van der Waals surface area contributed by atoms with E-state index in [9.17, 15) is 4.79 Å². The zero-order valence-corrected chi connectivity index (χ0v) is 19.5. The van der Waals surface area contributed by atoms with Crippen LogP contribution in [0.5, 0.6) is 11.5 Å². The highest BCUT2D eigenvalue weighted by Crippen LogP contribution is 2.33. The summed E-state index contributed by atoms with van der Waals surface area (Å²) in [4.78, 5) is 19.1. The molecule has 35 heavy (non-hydrogen) atoms. The first-order valence-electron chi connectivity index (χ1n) is 11.6. The molecule has 0 unspecified atom stereocenters. The van der Waals surface area contributed by atoms with Crippen molar-refractivity contribution in [2.75, 3.05) is 13.3 Å². The highest BCUT2D eigenvalue weighted by molar-refractivity contribution is 5.92. The average Bonchev–Trinajstić information content (AvgIpc) is 3.53. The largest absolute Gasteiger partial charge is 0.454 e. The smallest absolute Gasteiger partial charge is 0.246 e. The molecule has 2 aromatic heterocycles. The first-order valence-corrected chi connectivity index (χ1v) is 11.6.